The molecule has 1 atom stereocenters. The van der Waals surface area contributed by atoms with E-state index < -0.39 is 8.80 Å². The highest BCUT2D eigenvalue weighted by atomic mass is 28.4. The fourth-order valence-electron chi connectivity index (χ4n) is 3.16. The third-order valence-corrected chi connectivity index (χ3v) is 7.41. The van der Waals surface area contributed by atoms with Gasteiger partial charge in [-0.1, -0.05) is 24.3 Å². The van der Waals surface area contributed by atoms with Gasteiger partial charge in [0.1, 0.15) is 5.16 Å². The van der Waals surface area contributed by atoms with Crippen LogP contribution in [0.15, 0.2) is 24.3 Å². The summed E-state index contributed by atoms with van der Waals surface area (Å²) in [6.45, 7) is 2.17. The average Bonchev–Trinajstić information content (AvgIpc) is 2.97. The molecule has 0 bridgehead atoms. The molecule has 2 rings (SSSR count). The number of allylic oxidation sites excluding steroid dienone is 2. The lowest BCUT2D eigenvalue weighted by molar-refractivity contribution is 0.0545. The zero-order valence-electron chi connectivity index (χ0n) is 11.5. The number of likely N-dealkylation sites (tertiary alicyclic amines) is 1. The highest BCUT2D eigenvalue weighted by Gasteiger charge is 2.61. The van der Waals surface area contributed by atoms with E-state index in [4.69, 9.17) is 13.3 Å². The summed E-state index contributed by atoms with van der Waals surface area (Å²) in [5.74, 6) is 0. The lowest BCUT2D eigenvalue weighted by atomic mass is 10.1. The van der Waals surface area contributed by atoms with Crippen LogP contribution in [0.5, 0.6) is 0 Å². The topological polar surface area (TPSA) is 30.9 Å². The van der Waals surface area contributed by atoms with Crippen LogP contribution in [0.2, 0.25) is 0 Å². The molecule has 0 aromatic rings. The second-order valence-corrected chi connectivity index (χ2v) is 7.98. The molecule has 102 valence electrons. The summed E-state index contributed by atoms with van der Waals surface area (Å²) in [4.78, 5) is 2.47. The minimum atomic E-state index is -2.74. The highest BCUT2D eigenvalue weighted by molar-refractivity contribution is 6.65. The van der Waals surface area contributed by atoms with Crippen molar-refractivity contribution in [3.05, 3.63) is 24.3 Å². The van der Waals surface area contributed by atoms with E-state index in [0.717, 1.165) is 19.5 Å². The Hall–Kier alpha value is -0.463. The van der Waals surface area contributed by atoms with Crippen molar-refractivity contribution in [1.29, 1.82) is 0 Å². The fourth-order valence-corrected chi connectivity index (χ4v) is 6.00. The first-order valence-electron chi connectivity index (χ1n) is 6.49. The van der Waals surface area contributed by atoms with E-state index in [0.29, 0.717) is 0 Å². The van der Waals surface area contributed by atoms with E-state index in [1.165, 1.54) is 12.8 Å². The Balaban J connectivity index is 2.40. The van der Waals surface area contributed by atoms with Crippen LogP contribution in [-0.4, -0.2) is 53.3 Å². The van der Waals surface area contributed by atoms with Crippen LogP contribution >= 0.6 is 0 Å². The molecule has 2 aliphatic rings. The van der Waals surface area contributed by atoms with Crippen molar-refractivity contribution in [1.82, 2.24) is 4.90 Å². The summed E-state index contributed by atoms with van der Waals surface area (Å²) >= 11 is 0. The molecule has 1 heterocycles. The second-order valence-electron chi connectivity index (χ2n) is 4.78. The molecule has 1 fully saturated rings. The molecular formula is C13H23NO3Si. The zero-order chi connectivity index (χ0) is 13.1. The van der Waals surface area contributed by atoms with E-state index >= 15 is 0 Å². The summed E-state index contributed by atoms with van der Waals surface area (Å²) in [5, 5.41) is -0.240. The van der Waals surface area contributed by atoms with Crippen molar-refractivity contribution in [2.24, 2.45) is 0 Å². The van der Waals surface area contributed by atoms with Crippen molar-refractivity contribution in [2.45, 2.75) is 24.4 Å². The Labute approximate surface area is 111 Å². The number of hydrogen-bond acceptors (Lipinski definition) is 4. The molecule has 1 aliphatic heterocycles. The quantitative estimate of drug-likeness (QED) is 0.712. The molecular weight excluding hydrogens is 246 g/mol. The Morgan fingerprint density at radius 1 is 1.00 bits per heavy atom. The van der Waals surface area contributed by atoms with Crippen LogP contribution in [0, 0.1) is 0 Å². The normalized spacial score (nSPS) is 29.1. The van der Waals surface area contributed by atoms with Gasteiger partial charge in [-0.25, -0.2) is 0 Å². The average molecular weight is 269 g/mol. The van der Waals surface area contributed by atoms with E-state index in [2.05, 4.69) is 29.2 Å². The number of nitrogens with zero attached hydrogens (tertiary/aromatic N) is 1. The second kappa shape index (κ2) is 5.67. The van der Waals surface area contributed by atoms with Crippen LogP contribution in [0.4, 0.5) is 0 Å². The predicted molar refractivity (Wildman–Crippen MR) is 73.2 cm³/mol. The standard InChI is InChI=1S/C13H23NO3Si/c1-15-18(16-2,17-3)13(9-5-4-6-10-13)14-11-7-8-12-14/h4-6,9H,7-8,10-12H2,1-3H3. The molecule has 0 aromatic carbocycles. The summed E-state index contributed by atoms with van der Waals surface area (Å²) in [6.07, 6.45) is 11.9. The Morgan fingerprint density at radius 2 is 1.61 bits per heavy atom. The summed E-state index contributed by atoms with van der Waals surface area (Å²) in [6, 6.07) is 0. The Kier molecular flexibility index (Phi) is 4.40. The highest BCUT2D eigenvalue weighted by Crippen LogP contribution is 2.38. The van der Waals surface area contributed by atoms with Gasteiger partial charge in [0.2, 0.25) is 0 Å². The molecule has 4 nitrogen and oxygen atoms in total. The molecule has 0 N–H and O–H groups in total. The van der Waals surface area contributed by atoms with Gasteiger partial charge in [0.05, 0.1) is 0 Å². The molecule has 0 saturated carbocycles. The first-order valence-corrected chi connectivity index (χ1v) is 8.22. The fraction of sp³-hybridized carbons (Fsp3) is 0.692. The van der Waals surface area contributed by atoms with Gasteiger partial charge < -0.3 is 13.3 Å². The molecule has 0 amide bonds. The maximum absolute atomic E-state index is 5.76. The monoisotopic (exact) mass is 269 g/mol. The lowest BCUT2D eigenvalue weighted by Gasteiger charge is -2.47. The SMILES string of the molecule is CO[Si](OC)(OC)C1(N2CCCC2)C=CC=CC1. The summed E-state index contributed by atoms with van der Waals surface area (Å²) < 4.78 is 17.3. The molecule has 1 aliphatic carbocycles. The zero-order valence-corrected chi connectivity index (χ0v) is 12.5. The smallest absolute Gasteiger partial charge is 0.376 e. The summed E-state index contributed by atoms with van der Waals surface area (Å²) in [5.41, 5.74) is 0. The van der Waals surface area contributed by atoms with E-state index in [9.17, 15) is 0 Å². The van der Waals surface area contributed by atoms with Crippen molar-refractivity contribution in [3.8, 4) is 0 Å². The van der Waals surface area contributed by atoms with Crippen molar-refractivity contribution >= 4 is 8.80 Å². The van der Waals surface area contributed by atoms with Gasteiger partial charge in [0, 0.05) is 21.3 Å². The van der Waals surface area contributed by atoms with Crippen LogP contribution in [-0.2, 0) is 13.3 Å². The number of hydrogen-bond donors (Lipinski definition) is 0. The van der Waals surface area contributed by atoms with Crippen molar-refractivity contribution in [2.75, 3.05) is 34.4 Å². The summed E-state index contributed by atoms with van der Waals surface area (Å²) in [7, 11) is 2.35. The Bertz CT molecular complexity index is 327. The molecule has 0 aromatic heterocycles. The van der Waals surface area contributed by atoms with E-state index in [1.807, 2.05) is 0 Å². The lowest BCUT2D eigenvalue weighted by Crippen LogP contribution is -2.70. The third-order valence-electron chi connectivity index (χ3n) is 4.05. The van der Waals surface area contributed by atoms with Gasteiger partial charge in [0.15, 0.2) is 0 Å². The van der Waals surface area contributed by atoms with Gasteiger partial charge in [-0.15, -0.1) is 0 Å². The van der Waals surface area contributed by atoms with Crippen LogP contribution in [0.25, 0.3) is 0 Å². The van der Waals surface area contributed by atoms with E-state index in [1.54, 1.807) is 21.3 Å². The van der Waals surface area contributed by atoms with Gasteiger partial charge in [0.25, 0.3) is 0 Å². The maximum Gasteiger partial charge on any atom is 0.526 e. The Morgan fingerprint density at radius 3 is 2.06 bits per heavy atom. The van der Waals surface area contributed by atoms with Crippen LogP contribution < -0.4 is 0 Å². The minimum absolute atomic E-state index is 0.240. The predicted octanol–water partition coefficient (Wildman–Crippen LogP) is 1.75. The van der Waals surface area contributed by atoms with Gasteiger partial charge in [-0.05, 0) is 32.4 Å². The van der Waals surface area contributed by atoms with E-state index in [-0.39, 0.29) is 5.16 Å². The first kappa shape index (κ1) is 14.0. The molecule has 18 heavy (non-hydrogen) atoms. The molecule has 5 heteroatoms. The van der Waals surface area contributed by atoms with Gasteiger partial charge in [-0.2, -0.15) is 0 Å². The first-order chi connectivity index (χ1) is 8.74. The molecule has 1 saturated heterocycles. The van der Waals surface area contributed by atoms with Gasteiger partial charge in [-0.3, -0.25) is 4.90 Å². The molecule has 1 unspecified atom stereocenters. The maximum atomic E-state index is 5.76. The molecule has 0 radical (unpaired) electrons. The van der Waals surface area contributed by atoms with Crippen LogP contribution in [0.3, 0.4) is 0 Å². The van der Waals surface area contributed by atoms with Crippen molar-refractivity contribution < 1.29 is 13.3 Å². The largest absolute Gasteiger partial charge is 0.526 e. The van der Waals surface area contributed by atoms with Crippen LogP contribution in [0.1, 0.15) is 19.3 Å². The van der Waals surface area contributed by atoms with Crippen molar-refractivity contribution in [3.63, 3.8) is 0 Å². The third kappa shape index (κ3) is 2.00. The van der Waals surface area contributed by atoms with Gasteiger partial charge >= 0.3 is 8.80 Å². The minimum Gasteiger partial charge on any atom is -0.376 e. The molecule has 0 spiro atoms. The number of rotatable bonds is 5.